The molecule has 2 aromatic heterocycles. The van der Waals surface area contributed by atoms with Crippen LogP contribution in [0.4, 0.5) is 5.82 Å². The fourth-order valence-electron chi connectivity index (χ4n) is 9.52. The first-order valence-corrected chi connectivity index (χ1v) is 26.2. The summed E-state index contributed by atoms with van der Waals surface area (Å²) in [6.45, 7) is 13.9. The van der Waals surface area contributed by atoms with Gasteiger partial charge in [0.25, 0.3) is 0 Å². The minimum Gasteiger partial charge on any atom is -0.387 e. The van der Waals surface area contributed by atoms with Crippen molar-refractivity contribution in [1.82, 2.24) is 46.0 Å². The van der Waals surface area contributed by atoms with Crippen LogP contribution in [0.15, 0.2) is 60.4 Å². The number of rotatable bonds is 22. The van der Waals surface area contributed by atoms with Crippen LogP contribution in [0.3, 0.4) is 0 Å². The van der Waals surface area contributed by atoms with Gasteiger partial charge >= 0.3 is 0 Å². The van der Waals surface area contributed by atoms with E-state index in [0.29, 0.717) is 82.3 Å². The van der Waals surface area contributed by atoms with E-state index in [1.54, 1.807) is 28.4 Å². The SMILES string of the molecule is Cc1ncsc1-c1ccc(CNC(=O)[C@@H]2CCCN2C(=O)C(NC(=O)COCCOCCNC(=O)CCNC[C@@H](C(=O)N2CCN(c3ncnc4c3[C@H](C)C[C@H]4O)CC2)c2ccc(Cl)cc2)C(C)(C)C)cc1. The molecule has 2 saturated heterocycles. The van der Waals surface area contributed by atoms with Gasteiger partial charge in [-0.3, -0.25) is 24.0 Å². The summed E-state index contributed by atoms with van der Waals surface area (Å²) >= 11 is 7.78. The van der Waals surface area contributed by atoms with Gasteiger partial charge in [0.15, 0.2) is 0 Å². The summed E-state index contributed by atoms with van der Waals surface area (Å²) in [6.07, 6.45) is 2.95. The lowest BCUT2D eigenvalue weighted by atomic mass is 9.85. The molecule has 7 rings (SSSR count). The number of halogens is 1. The van der Waals surface area contributed by atoms with Crippen LogP contribution in [0.5, 0.6) is 0 Å². The average molecular weight is 1030 g/mol. The van der Waals surface area contributed by atoms with Gasteiger partial charge in [0.2, 0.25) is 29.5 Å². The third-order valence-corrected chi connectivity index (χ3v) is 14.7. The van der Waals surface area contributed by atoms with Crippen LogP contribution >= 0.6 is 22.9 Å². The van der Waals surface area contributed by atoms with Crippen molar-refractivity contribution >= 4 is 58.3 Å². The molecule has 18 nitrogen and oxygen atoms in total. The highest BCUT2D eigenvalue weighted by molar-refractivity contribution is 7.13. The van der Waals surface area contributed by atoms with Crippen LogP contribution in [0.2, 0.25) is 5.02 Å². The number of aliphatic hydroxyl groups is 1. The number of thiazole rings is 1. The highest BCUT2D eigenvalue weighted by atomic mass is 35.5. The molecule has 0 spiro atoms. The van der Waals surface area contributed by atoms with Crippen molar-refractivity contribution in [2.24, 2.45) is 5.41 Å². The second-order valence-corrected chi connectivity index (χ2v) is 21.1. The van der Waals surface area contributed by atoms with Gasteiger partial charge in [-0.25, -0.2) is 15.0 Å². The molecule has 0 bridgehead atoms. The van der Waals surface area contributed by atoms with Gasteiger partial charge in [0.05, 0.1) is 53.6 Å². The summed E-state index contributed by atoms with van der Waals surface area (Å²) in [6, 6.07) is 13.8. The fraction of sp³-hybridized carbons (Fsp3) is 0.538. The number of fused-ring (bicyclic) bond motifs is 1. The Morgan fingerprint density at radius 1 is 0.875 bits per heavy atom. The zero-order valence-corrected chi connectivity index (χ0v) is 43.5. The highest BCUT2D eigenvalue weighted by Gasteiger charge is 2.42. The Morgan fingerprint density at radius 3 is 2.32 bits per heavy atom. The molecule has 4 aromatic rings. The molecule has 2 aliphatic heterocycles. The third kappa shape index (κ3) is 14.1. The molecular weight excluding hydrogens is 960 g/mol. The normalized spacial score (nSPS) is 18.7. The van der Waals surface area contributed by atoms with E-state index in [4.69, 9.17) is 21.1 Å². The Kier molecular flexibility index (Phi) is 19.1. The lowest BCUT2D eigenvalue weighted by Gasteiger charge is -2.38. The van der Waals surface area contributed by atoms with Crippen molar-refractivity contribution in [3.05, 3.63) is 93.5 Å². The molecule has 5 amide bonds. The number of benzene rings is 2. The van der Waals surface area contributed by atoms with Gasteiger partial charge in [0, 0.05) is 75.9 Å². The van der Waals surface area contributed by atoms with Crippen LogP contribution in [0.1, 0.15) is 99.4 Å². The molecule has 5 N–H and O–H groups in total. The van der Waals surface area contributed by atoms with E-state index in [1.807, 2.05) is 74.5 Å². The van der Waals surface area contributed by atoms with Crippen LogP contribution in [0, 0.1) is 12.3 Å². The van der Waals surface area contributed by atoms with Gasteiger partial charge in [-0.05, 0) is 66.3 Å². The third-order valence-electron chi connectivity index (χ3n) is 13.5. The van der Waals surface area contributed by atoms with Crippen LogP contribution in [0.25, 0.3) is 10.4 Å². The van der Waals surface area contributed by atoms with Crippen molar-refractivity contribution in [3.63, 3.8) is 0 Å². The van der Waals surface area contributed by atoms with Crippen LogP contribution in [-0.4, -0.2) is 150 Å². The van der Waals surface area contributed by atoms with Crippen molar-refractivity contribution < 1.29 is 38.6 Å². The summed E-state index contributed by atoms with van der Waals surface area (Å²) < 4.78 is 11.2. The van der Waals surface area contributed by atoms with Gasteiger partial charge < -0.3 is 50.5 Å². The predicted molar refractivity (Wildman–Crippen MR) is 275 cm³/mol. The van der Waals surface area contributed by atoms with Crippen molar-refractivity contribution in [3.8, 4) is 10.4 Å². The Hall–Kier alpha value is -5.57. The maximum absolute atomic E-state index is 14.0. The fourth-order valence-corrected chi connectivity index (χ4v) is 10.5. The Bertz CT molecular complexity index is 2480. The number of anilines is 1. The number of ether oxygens (including phenoxy) is 2. The zero-order chi connectivity index (χ0) is 51.4. The monoisotopic (exact) mass is 1030 g/mol. The smallest absolute Gasteiger partial charge is 0.246 e. The molecule has 0 radical (unpaired) electrons. The first kappa shape index (κ1) is 54.2. The molecular formula is C52H69ClN10O8S. The van der Waals surface area contributed by atoms with E-state index in [-0.39, 0.29) is 68.9 Å². The molecule has 4 heterocycles. The minimum absolute atomic E-state index is 0.0114. The van der Waals surface area contributed by atoms with Gasteiger partial charge in [-0.2, -0.15) is 0 Å². The number of likely N-dealkylation sites (tertiary alicyclic amines) is 1. The lowest BCUT2D eigenvalue weighted by molar-refractivity contribution is -0.144. The van der Waals surface area contributed by atoms with E-state index < -0.39 is 35.4 Å². The predicted octanol–water partition coefficient (Wildman–Crippen LogP) is 4.50. The number of amides is 5. The topological polar surface area (TPSA) is 221 Å². The molecule has 2 fully saturated rings. The minimum atomic E-state index is -0.876. The van der Waals surface area contributed by atoms with E-state index in [9.17, 15) is 29.1 Å². The highest BCUT2D eigenvalue weighted by Crippen LogP contribution is 2.43. The molecule has 1 unspecified atom stereocenters. The molecule has 20 heteroatoms. The number of hydrogen-bond donors (Lipinski definition) is 5. The Labute approximate surface area is 431 Å². The number of nitrogens with one attached hydrogen (secondary N) is 4. The number of piperazine rings is 1. The second kappa shape index (κ2) is 25.4. The second-order valence-electron chi connectivity index (χ2n) is 19.8. The number of nitrogens with zero attached hydrogens (tertiary/aromatic N) is 6. The number of aromatic nitrogens is 3. The van der Waals surface area contributed by atoms with E-state index in [2.05, 4.69) is 48.0 Å². The number of aryl methyl sites for hydroxylation is 1. The quantitative estimate of drug-likeness (QED) is 0.0686. The summed E-state index contributed by atoms with van der Waals surface area (Å²) in [7, 11) is 0. The number of hydrogen-bond acceptors (Lipinski definition) is 14. The maximum Gasteiger partial charge on any atom is 0.246 e. The number of carbonyl (C=O) groups excluding carboxylic acids is 5. The van der Waals surface area contributed by atoms with E-state index in [1.165, 1.54) is 6.33 Å². The zero-order valence-electron chi connectivity index (χ0n) is 42.0. The first-order chi connectivity index (χ1) is 34.6. The largest absolute Gasteiger partial charge is 0.387 e. The summed E-state index contributed by atoms with van der Waals surface area (Å²) in [4.78, 5) is 87.1. The number of aliphatic hydroxyl groups excluding tert-OH is 1. The van der Waals surface area contributed by atoms with E-state index in [0.717, 1.165) is 38.6 Å². The summed E-state index contributed by atoms with van der Waals surface area (Å²) in [5, 5.41) is 23.1. The first-order valence-electron chi connectivity index (χ1n) is 24.9. The van der Waals surface area contributed by atoms with E-state index >= 15 is 0 Å². The molecule has 72 heavy (non-hydrogen) atoms. The summed E-state index contributed by atoms with van der Waals surface area (Å²) in [5.74, 6) is -0.674. The lowest BCUT2D eigenvalue weighted by Crippen LogP contribution is -2.58. The molecule has 5 atom stereocenters. The van der Waals surface area contributed by atoms with Crippen molar-refractivity contribution in [2.75, 3.05) is 83.7 Å². The summed E-state index contributed by atoms with van der Waals surface area (Å²) in [5.41, 5.74) is 6.70. The van der Waals surface area contributed by atoms with Gasteiger partial charge in [-0.1, -0.05) is 75.7 Å². The van der Waals surface area contributed by atoms with Crippen LogP contribution < -0.4 is 26.2 Å². The molecule has 388 valence electrons. The molecule has 2 aromatic carbocycles. The number of carbonyl (C=O) groups is 5. The molecule has 1 aliphatic carbocycles. The Balaban J connectivity index is 0.764. The van der Waals surface area contributed by atoms with Gasteiger partial charge in [0.1, 0.15) is 30.8 Å². The maximum atomic E-state index is 14.0. The van der Waals surface area contributed by atoms with Crippen molar-refractivity contribution in [2.45, 2.75) is 96.9 Å². The molecule has 3 aliphatic rings. The van der Waals surface area contributed by atoms with Crippen molar-refractivity contribution in [1.29, 1.82) is 0 Å². The standard InChI is InChI=1S/C52H69ClN10O8S/c1-33-27-41(64)45-44(33)48(58-31-57-45)61-20-22-62(23-21-61)50(68)39(36-12-14-38(53)15-13-36)29-54-17-16-42(65)55-18-24-70-25-26-71-30-43(66)60-47(52(3,4)5)51(69)63-19-6-7-40(63)49(67)56-28-35-8-10-37(11-9-35)46-34(2)59-32-72-46/h8-15,31-33,39-41,47,54,64H,6-7,16-30H2,1-5H3,(H,55,65)(H,56,67)(H,60,66)/t33-,39-,40+,41-,47?/m1/s1. The average Bonchev–Trinajstić information content (AvgIpc) is 4.12. The molecule has 0 saturated carbocycles. The van der Waals surface area contributed by atoms with Crippen LogP contribution in [-0.2, 0) is 40.0 Å². The Morgan fingerprint density at radius 2 is 1.61 bits per heavy atom. The van der Waals surface area contributed by atoms with Gasteiger partial charge in [-0.15, -0.1) is 11.3 Å².